The lowest BCUT2D eigenvalue weighted by Crippen LogP contribution is -2.32. The Morgan fingerprint density at radius 1 is 1.05 bits per heavy atom. The van der Waals surface area contributed by atoms with E-state index < -0.39 is 17.8 Å². The molecule has 3 N–H and O–H groups in total. The molecule has 10 nitrogen and oxygen atoms in total. The Balaban J connectivity index is 0.977. The number of carbonyl (C=O) groups is 1. The minimum Gasteiger partial charge on any atom is -0.487 e. The average Bonchev–Trinajstić information content (AvgIpc) is 3.53. The van der Waals surface area contributed by atoms with E-state index in [0.29, 0.717) is 35.2 Å². The number of halogens is 2. The van der Waals surface area contributed by atoms with Crippen LogP contribution in [0.3, 0.4) is 0 Å². The molecule has 1 unspecified atom stereocenters. The number of hydrogen-bond donors (Lipinski definition) is 3. The number of aliphatic hydroxyl groups excluding tert-OH is 1. The number of hydrogen-bond acceptors (Lipinski definition) is 8. The van der Waals surface area contributed by atoms with Crippen molar-refractivity contribution in [2.45, 2.75) is 25.8 Å². The first-order valence-electron chi connectivity index (χ1n) is 12.9. The molecule has 0 fully saturated rings. The highest BCUT2D eigenvalue weighted by Crippen LogP contribution is 2.36. The Bertz CT molecular complexity index is 1710. The first-order valence-corrected chi connectivity index (χ1v) is 13.3. The highest BCUT2D eigenvalue weighted by atomic mass is 35.5. The van der Waals surface area contributed by atoms with Gasteiger partial charge in [-0.05, 0) is 60.2 Å². The van der Waals surface area contributed by atoms with Crippen LogP contribution in [-0.2, 0) is 24.5 Å². The Labute approximate surface area is 239 Å². The summed E-state index contributed by atoms with van der Waals surface area (Å²) in [5.74, 6) is -0.295. The standard InChI is InChI=1S/C29H25ClFN7O3/c30-19-3-7-23-25(9-10-32-26(23)13-19)35-33-15-18-1-5-22(6-2-18)41-17-21-16-37(36-34-21)11-12-38-27-8-4-20(31)14-24(27)28(39)29(38)40/h1-10,13-14,16,28,33,39H,11-12,15,17H2,(H,32,35). The molecule has 0 bridgehead atoms. The molecular formula is C29H25ClFN7O3. The van der Waals surface area contributed by atoms with E-state index in [2.05, 4.69) is 26.1 Å². The number of pyridine rings is 1. The molecule has 1 aliphatic heterocycles. The maximum absolute atomic E-state index is 13.5. The van der Waals surface area contributed by atoms with Crippen molar-refractivity contribution in [2.24, 2.45) is 0 Å². The van der Waals surface area contributed by atoms with Gasteiger partial charge in [0, 0.05) is 35.3 Å². The third-order valence-electron chi connectivity index (χ3n) is 6.74. The van der Waals surface area contributed by atoms with Crippen LogP contribution in [0.5, 0.6) is 5.75 Å². The van der Waals surface area contributed by atoms with E-state index in [-0.39, 0.29) is 18.7 Å². The van der Waals surface area contributed by atoms with Crippen LogP contribution in [0.2, 0.25) is 5.02 Å². The quantitative estimate of drug-likeness (QED) is 0.211. The fourth-order valence-corrected chi connectivity index (χ4v) is 4.84. The van der Waals surface area contributed by atoms with Crippen molar-refractivity contribution in [2.75, 3.05) is 16.9 Å². The van der Waals surface area contributed by atoms with Gasteiger partial charge in [-0.15, -0.1) is 5.10 Å². The third kappa shape index (κ3) is 5.82. The molecule has 0 spiro atoms. The Morgan fingerprint density at radius 2 is 1.90 bits per heavy atom. The number of aromatic nitrogens is 4. The maximum atomic E-state index is 13.5. The van der Waals surface area contributed by atoms with Gasteiger partial charge in [0.05, 0.1) is 29.6 Å². The maximum Gasteiger partial charge on any atom is 0.260 e. The second kappa shape index (κ2) is 11.5. The fraction of sp³-hybridized carbons (Fsp3) is 0.172. The summed E-state index contributed by atoms with van der Waals surface area (Å²) in [7, 11) is 0. The van der Waals surface area contributed by atoms with E-state index in [4.69, 9.17) is 16.3 Å². The van der Waals surface area contributed by atoms with Gasteiger partial charge < -0.3 is 20.2 Å². The number of nitrogens with zero attached hydrogens (tertiary/aromatic N) is 5. The molecule has 3 heterocycles. The van der Waals surface area contributed by atoms with Crippen LogP contribution < -0.4 is 20.5 Å². The van der Waals surface area contributed by atoms with Gasteiger partial charge in [0.15, 0.2) is 6.10 Å². The number of hydrazine groups is 1. The van der Waals surface area contributed by atoms with Crippen molar-refractivity contribution in [3.05, 3.63) is 107 Å². The van der Waals surface area contributed by atoms with Crippen LogP contribution in [0.1, 0.15) is 22.9 Å². The molecule has 0 radical (unpaired) electrons. The smallest absolute Gasteiger partial charge is 0.260 e. The first kappa shape index (κ1) is 26.6. The predicted octanol–water partition coefficient (Wildman–Crippen LogP) is 4.39. The van der Waals surface area contributed by atoms with Crippen molar-refractivity contribution >= 4 is 39.8 Å². The van der Waals surface area contributed by atoms with Crippen molar-refractivity contribution in [3.63, 3.8) is 0 Å². The predicted molar refractivity (Wildman–Crippen MR) is 152 cm³/mol. The summed E-state index contributed by atoms with van der Waals surface area (Å²) in [5, 5.41) is 20.0. The summed E-state index contributed by atoms with van der Waals surface area (Å²) in [6.45, 7) is 1.42. The first-order chi connectivity index (χ1) is 19.9. The number of benzene rings is 3. The van der Waals surface area contributed by atoms with Gasteiger partial charge in [-0.2, -0.15) is 0 Å². The Morgan fingerprint density at radius 3 is 2.76 bits per heavy atom. The van der Waals surface area contributed by atoms with Crippen LogP contribution in [0, 0.1) is 5.82 Å². The van der Waals surface area contributed by atoms with Crippen LogP contribution in [-0.4, -0.2) is 37.5 Å². The van der Waals surface area contributed by atoms with Crippen LogP contribution in [0.15, 0.2) is 79.1 Å². The number of anilines is 2. The van der Waals surface area contributed by atoms with Gasteiger partial charge in [0.2, 0.25) is 0 Å². The van der Waals surface area contributed by atoms with E-state index in [0.717, 1.165) is 22.2 Å². The molecule has 208 valence electrons. The second-order valence-corrected chi connectivity index (χ2v) is 9.94. The molecule has 3 aromatic carbocycles. The van der Waals surface area contributed by atoms with Crippen LogP contribution in [0.25, 0.3) is 10.9 Å². The minimum absolute atomic E-state index is 0.224. The number of carbonyl (C=O) groups excluding carboxylic acids is 1. The van der Waals surface area contributed by atoms with Crippen molar-refractivity contribution in [1.82, 2.24) is 25.4 Å². The summed E-state index contributed by atoms with van der Waals surface area (Å²) < 4.78 is 21.0. The summed E-state index contributed by atoms with van der Waals surface area (Å²) in [4.78, 5) is 18.2. The summed E-state index contributed by atoms with van der Waals surface area (Å²) >= 11 is 6.07. The molecule has 41 heavy (non-hydrogen) atoms. The molecule has 1 amide bonds. The fourth-order valence-electron chi connectivity index (χ4n) is 4.67. The van der Waals surface area contributed by atoms with Gasteiger partial charge in [0.25, 0.3) is 5.91 Å². The molecule has 2 aromatic heterocycles. The van der Waals surface area contributed by atoms with E-state index in [9.17, 15) is 14.3 Å². The molecule has 0 saturated carbocycles. The third-order valence-corrected chi connectivity index (χ3v) is 6.98. The average molecular weight is 574 g/mol. The number of aliphatic hydroxyl groups is 1. The summed E-state index contributed by atoms with van der Waals surface area (Å²) in [5.41, 5.74) is 10.6. The molecule has 0 saturated heterocycles. The Hall–Kier alpha value is -4.58. The zero-order valence-electron chi connectivity index (χ0n) is 21.7. The van der Waals surface area contributed by atoms with Crippen molar-refractivity contribution in [3.8, 4) is 5.75 Å². The number of amides is 1. The van der Waals surface area contributed by atoms with Crippen LogP contribution in [0.4, 0.5) is 15.8 Å². The molecule has 6 rings (SSSR count). The number of nitrogens with one attached hydrogen (secondary N) is 2. The van der Waals surface area contributed by atoms with Crippen molar-refractivity contribution in [1.29, 1.82) is 0 Å². The highest BCUT2D eigenvalue weighted by molar-refractivity contribution is 6.31. The second-order valence-electron chi connectivity index (χ2n) is 9.50. The molecule has 1 atom stereocenters. The van der Waals surface area contributed by atoms with Gasteiger partial charge >= 0.3 is 0 Å². The lowest BCUT2D eigenvalue weighted by atomic mass is 10.1. The molecule has 1 aliphatic rings. The minimum atomic E-state index is -1.36. The number of fused-ring (bicyclic) bond motifs is 2. The zero-order valence-corrected chi connectivity index (χ0v) is 22.4. The molecule has 12 heteroatoms. The normalized spacial score (nSPS) is 14.5. The van der Waals surface area contributed by atoms with E-state index >= 15 is 0 Å². The number of ether oxygens (including phenoxy) is 1. The van der Waals surface area contributed by atoms with E-state index in [1.807, 2.05) is 48.5 Å². The topological polar surface area (TPSA) is 117 Å². The lowest BCUT2D eigenvalue weighted by molar-refractivity contribution is -0.125. The molecule has 0 aliphatic carbocycles. The van der Waals surface area contributed by atoms with Crippen LogP contribution >= 0.6 is 11.6 Å². The van der Waals surface area contributed by atoms with Gasteiger partial charge in [-0.25, -0.2) is 9.82 Å². The van der Waals surface area contributed by atoms with E-state index in [1.54, 1.807) is 17.1 Å². The van der Waals surface area contributed by atoms with Gasteiger partial charge in [-0.1, -0.05) is 28.9 Å². The zero-order chi connectivity index (χ0) is 28.3. The van der Waals surface area contributed by atoms with Gasteiger partial charge in [-0.3, -0.25) is 14.5 Å². The van der Waals surface area contributed by atoms with Crippen molar-refractivity contribution < 1.29 is 19.0 Å². The largest absolute Gasteiger partial charge is 0.487 e. The monoisotopic (exact) mass is 573 g/mol. The SMILES string of the molecule is O=C1C(O)c2cc(F)ccc2N1CCn1cc(COc2ccc(CNNc3ccnc4cc(Cl)ccc34)cc2)nn1. The lowest BCUT2D eigenvalue weighted by Gasteiger charge is -2.17. The van der Waals surface area contributed by atoms with Gasteiger partial charge in [0.1, 0.15) is 23.9 Å². The number of rotatable bonds is 10. The summed E-state index contributed by atoms with van der Waals surface area (Å²) in [6, 6.07) is 19.1. The Kier molecular flexibility index (Phi) is 7.47. The van der Waals surface area contributed by atoms with E-state index in [1.165, 1.54) is 23.1 Å². The highest BCUT2D eigenvalue weighted by Gasteiger charge is 2.36. The molecular weight excluding hydrogens is 549 g/mol. The summed E-state index contributed by atoms with van der Waals surface area (Å²) in [6.07, 6.45) is 2.11. The molecule has 5 aromatic rings.